The van der Waals surface area contributed by atoms with Crippen molar-refractivity contribution in [1.82, 2.24) is 0 Å². The summed E-state index contributed by atoms with van der Waals surface area (Å²) in [4.78, 5) is 0. The third-order valence-electron chi connectivity index (χ3n) is 3.31. The van der Waals surface area contributed by atoms with E-state index < -0.39 is 0 Å². The van der Waals surface area contributed by atoms with E-state index >= 15 is 0 Å². The van der Waals surface area contributed by atoms with Crippen LogP contribution in [0, 0.1) is 0 Å². The largest absolute Gasteiger partial charge is 0.399 e. The minimum atomic E-state index is 0.852. The standard InChI is InChI=1S/C16H15N/c1-2-11-8-15(17)9-14-7-12-5-3-4-6-13(12)10-16(11)14/h3-10H,2,17H2,1H3. The molecule has 0 aliphatic rings. The minimum absolute atomic E-state index is 0.852. The van der Waals surface area contributed by atoms with Crippen molar-refractivity contribution in [3.8, 4) is 0 Å². The second-order valence-electron chi connectivity index (χ2n) is 4.45. The molecule has 17 heavy (non-hydrogen) atoms. The Labute approximate surface area is 101 Å². The van der Waals surface area contributed by atoms with Crippen LogP contribution in [0.3, 0.4) is 0 Å². The maximum atomic E-state index is 5.94. The van der Waals surface area contributed by atoms with E-state index in [0.29, 0.717) is 0 Å². The first-order chi connectivity index (χ1) is 8.28. The van der Waals surface area contributed by atoms with Crippen molar-refractivity contribution in [3.05, 3.63) is 54.1 Å². The summed E-state index contributed by atoms with van der Waals surface area (Å²) in [5, 5.41) is 5.12. The van der Waals surface area contributed by atoms with Gasteiger partial charge < -0.3 is 5.73 Å². The molecule has 0 spiro atoms. The smallest absolute Gasteiger partial charge is 0.0323 e. The van der Waals surface area contributed by atoms with Crippen molar-refractivity contribution in [3.63, 3.8) is 0 Å². The second kappa shape index (κ2) is 3.77. The van der Waals surface area contributed by atoms with Gasteiger partial charge in [0.25, 0.3) is 0 Å². The Hall–Kier alpha value is -2.02. The molecule has 1 heteroatoms. The SMILES string of the molecule is CCc1cc(N)cc2cc3ccccc3cc12. The van der Waals surface area contributed by atoms with Crippen LogP contribution in [-0.4, -0.2) is 0 Å². The van der Waals surface area contributed by atoms with Crippen molar-refractivity contribution < 1.29 is 0 Å². The average Bonchev–Trinajstić information content (AvgIpc) is 2.35. The maximum Gasteiger partial charge on any atom is 0.0323 e. The topological polar surface area (TPSA) is 26.0 Å². The third-order valence-corrected chi connectivity index (χ3v) is 3.31. The van der Waals surface area contributed by atoms with Crippen molar-refractivity contribution in [2.24, 2.45) is 0 Å². The van der Waals surface area contributed by atoms with Gasteiger partial charge in [0.05, 0.1) is 0 Å². The predicted octanol–water partition coefficient (Wildman–Crippen LogP) is 4.14. The highest BCUT2D eigenvalue weighted by Gasteiger charge is 2.03. The molecular weight excluding hydrogens is 206 g/mol. The summed E-state index contributed by atoms with van der Waals surface area (Å²) in [5.41, 5.74) is 8.12. The van der Waals surface area contributed by atoms with Gasteiger partial charge in [-0.25, -0.2) is 0 Å². The van der Waals surface area contributed by atoms with Crippen LogP contribution in [-0.2, 0) is 6.42 Å². The molecule has 0 heterocycles. The third kappa shape index (κ3) is 1.64. The van der Waals surface area contributed by atoms with Gasteiger partial charge >= 0.3 is 0 Å². The monoisotopic (exact) mass is 221 g/mol. The highest BCUT2D eigenvalue weighted by Crippen LogP contribution is 2.28. The molecule has 0 aliphatic heterocycles. The molecule has 2 N–H and O–H groups in total. The maximum absolute atomic E-state index is 5.94. The summed E-state index contributed by atoms with van der Waals surface area (Å²) in [5.74, 6) is 0. The molecule has 84 valence electrons. The summed E-state index contributed by atoms with van der Waals surface area (Å²) in [6.45, 7) is 2.17. The van der Waals surface area contributed by atoms with Crippen molar-refractivity contribution in [2.75, 3.05) is 5.73 Å². The number of nitrogens with two attached hydrogens (primary N) is 1. The quantitative estimate of drug-likeness (QED) is 0.485. The van der Waals surface area contributed by atoms with Crippen LogP contribution in [0.5, 0.6) is 0 Å². The first kappa shape index (κ1) is 10.2. The number of aryl methyl sites for hydroxylation is 1. The van der Waals surface area contributed by atoms with E-state index in [-0.39, 0.29) is 0 Å². The zero-order valence-electron chi connectivity index (χ0n) is 9.90. The summed E-state index contributed by atoms with van der Waals surface area (Å²) >= 11 is 0. The Morgan fingerprint density at radius 3 is 2.29 bits per heavy atom. The molecule has 1 nitrogen and oxygen atoms in total. The number of rotatable bonds is 1. The molecule has 0 fully saturated rings. The molecule has 0 bridgehead atoms. The summed E-state index contributed by atoms with van der Waals surface area (Å²) in [6.07, 6.45) is 1.01. The van der Waals surface area contributed by atoms with Crippen molar-refractivity contribution >= 4 is 27.2 Å². The van der Waals surface area contributed by atoms with Gasteiger partial charge in [0.2, 0.25) is 0 Å². The van der Waals surface area contributed by atoms with Gasteiger partial charge in [-0.2, -0.15) is 0 Å². The zero-order chi connectivity index (χ0) is 11.8. The normalized spacial score (nSPS) is 11.1. The lowest BCUT2D eigenvalue weighted by Gasteiger charge is -2.08. The van der Waals surface area contributed by atoms with Crippen LogP contribution in [0.2, 0.25) is 0 Å². The van der Waals surface area contributed by atoms with Gasteiger partial charge in [0, 0.05) is 5.69 Å². The molecule has 0 unspecified atom stereocenters. The fourth-order valence-corrected chi connectivity index (χ4v) is 2.45. The molecule has 0 saturated carbocycles. The van der Waals surface area contributed by atoms with E-state index in [1.54, 1.807) is 0 Å². The number of fused-ring (bicyclic) bond motifs is 2. The van der Waals surface area contributed by atoms with Crippen LogP contribution >= 0.6 is 0 Å². The van der Waals surface area contributed by atoms with Gasteiger partial charge in [-0.1, -0.05) is 31.2 Å². The van der Waals surface area contributed by atoms with Crippen LogP contribution in [0.15, 0.2) is 48.5 Å². The molecule has 0 radical (unpaired) electrons. The molecule has 0 saturated heterocycles. The van der Waals surface area contributed by atoms with Crippen LogP contribution in [0.1, 0.15) is 12.5 Å². The number of anilines is 1. The van der Waals surface area contributed by atoms with Crippen LogP contribution in [0.4, 0.5) is 5.69 Å². The summed E-state index contributed by atoms with van der Waals surface area (Å²) in [7, 11) is 0. The van der Waals surface area contributed by atoms with Gasteiger partial charge in [-0.15, -0.1) is 0 Å². The molecule has 3 aromatic rings. The van der Waals surface area contributed by atoms with Crippen molar-refractivity contribution in [2.45, 2.75) is 13.3 Å². The fourth-order valence-electron chi connectivity index (χ4n) is 2.45. The lowest BCUT2D eigenvalue weighted by Crippen LogP contribution is -1.90. The van der Waals surface area contributed by atoms with E-state index in [1.807, 2.05) is 0 Å². The van der Waals surface area contributed by atoms with E-state index in [0.717, 1.165) is 12.1 Å². The Balaban J connectivity index is 2.47. The first-order valence-corrected chi connectivity index (χ1v) is 5.99. The lowest BCUT2D eigenvalue weighted by atomic mass is 9.98. The lowest BCUT2D eigenvalue weighted by molar-refractivity contribution is 1.16. The number of hydrogen-bond donors (Lipinski definition) is 1. The van der Waals surface area contributed by atoms with Gasteiger partial charge in [-0.3, -0.25) is 0 Å². The van der Waals surface area contributed by atoms with Crippen LogP contribution in [0.25, 0.3) is 21.5 Å². The van der Waals surface area contributed by atoms with E-state index in [1.165, 1.54) is 27.1 Å². The van der Waals surface area contributed by atoms with Gasteiger partial charge in [0.15, 0.2) is 0 Å². The Morgan fingerprint density at radius 1 is 0.882 bits per heavy atom. The Morgan fingerprint density at radius 2 is 1.59 bits per heavy atom. The molecule has 0 amide bonds. The van der Waals surface area contributed by atoms with Gasteiger partial charge in [0.1, 0.15) is 0 Å². The molecule has 0 aromatic heterocycles. The Bertz CT molecular complexity index is 698. The molecular formula is C16H15N. The first-order valence-electron chi connectivity index (χ1n) is 5.99. The molecule has 0 atom stereocenters. The van der Waals surface area contributed by atoms with E-state index in [9.17, 15) is 0 Å². The molecule has 0 aliphatic carbocycles. The molecule has 3 aromatic carbocycles. The predicted molar refractivity (Wildman–Crippen MR) is 75.2 cm³/mol. The zero-order valence-corrected chi connectivity index (χ0v) is 9.90. The molecule has 3 rings (SSSR count). The van der Waals surface area contributed by atoms with Crippen LogP contribution < -0.4 is 5.73 Å². The Kier molecular flexibility index (Phi) is 2.25. The number of benzene rings is 3. The van der Waals surface area contributed by atoms with E-state index in [4.69, 9.17) is 5.73 Å². The summed E-state index contributed by atoms with van der Waals surface area (Å²) < 4.78 is 0. The van der Waals surface area contributed by atoms with Gasteiger partial charge in [-0.05, 0) is 57.8 Å². The average molecular weight is 221 g/mol. The minimum Gasteiger partial charge on any atom is -0.399 e. The number of hydrogen-bond acceptors (Lipinski definition) is 1. The highest BCUT2D eigenvalue weighted by atomic mass is 14.5. The summed E-state index contributed by atoms with van der Waals surface area (Å²) in [6, 6.07) is 17.1. The second-order valence-corrected chi connectivity index (χ2v) is 4.45. The highest BCUT2D eigenvalue weighted by molar-refractivity contribution is 6.00. The number of nitrogen functional groups attached to an aromatic ring is 1. The van der Waals surface area contributed by atoms with E-state index in [2.05, 4.69) is 55.5 Å². The van der Waals surface area contributed by atoms with Crippen molar-refractivity contribution in [1.29, 1.82) is 0 Å². The fraction of sp³-hybridized carbons (Fsp3) is 0.125.